The lowest BCUT2D eigenvalue weighted by molar-refractivity contribution is 0.0532. The predicted molar refractivity (Wildman–Crippen MR) is 137 cm³/mol. The van der Waals surface area contributed by atoms with Gasteiger partial charge in [0.05, 0.1) is 19.5 Å². The number of allylic oxidation sites excluding steroid dienone is 1. The van der Waals surface area contributed by atoms with Crippen LogP contribution < -0.4 is 19.9 Å². The average Bonchev–Trinajstić information content (AvgIpc) is 3.22. The Morgan fingerprint density at radius 3 is 2.79 bits per heavy atom. The van der Waals surface area contributed by atoms with Crippen molar-refractivity contribution in [1.82, 2.24) is 4.90 Å². The third-order valence-corrected chi connectivity index (χ3v) is 7.00. The Bertz CT molecular complexity index is 1400. The highest BCUT2D eigenvalue weighted by Crippen LogP contribution is 2.44. The van der Waals surface area contributed by atoms with Crippen molar-refractivity contribution in [3.05, 3.63) is 69.6 Å². The molecule has 3 aromatic rings. The van der Waals surface area contributed by atoms with Crippen molar-refractivity contribution < 1.29 is 19.0 Å². The molecule has 174 valence electrons. The Balaban J connectivity index is 1.69. The molecule has 1 aliphatic heterocycles. The topological polar surface area (TPSA) is 48.0 Å². The Hall–Kier alpha value is -3.35. The summed E-state index contributed by atoms with van der Waals surface area (Å²) in [5.41, 5.74) is 4.15. The monoisotopic (exact) mass is 473 g/mol. The highest BCUT2D eigenvalue weighted by atomic mass is 32.1. The second-order valence-electron chi connectivity index (χ2n) is 8.53. The van der Waals surface area contributed by atoms with Gasteiger partial charge in [-0.2, -0.15) is 0 Å². The van der Waals surface area contributed by atoms with E-state index in [-0.39, 0.29) is 5.97 Å². The van der Waals surface area contributed by atoms with E-state index < -0.39 is 0 Å². The number of esters is 1. The zero-order valence-electron chi connectivity index (χ0n) is 19.6. The van der Waals surface area contributed by atoms with Crippen molar-refractivity contribution in [2.75, 3.05) is 33.9 Å². The molecule has 2 aromatic carbocycles. The standard InChI is InChI=1S/C28H27NO4S/c1-4-31-28(30)26-17-23-21-14-18-8-6-12-33-25(18)16-19(21)15-22-20(27(23)34-26)9-5-10-24(22)32-13-7-11-29(2)3/h5-6,8-10,12,14-17H,4,7,11,13H2,1-3H3. The summed E-state index contributed by atoms with van der Waals surface area (Å²) in [6.07, 6.45) is 8.73. The Morgan fingerprint density at radius 2 is 1.97 bits per heavy atom. The lowest BCUT2D eigenvalue weighted by atomic mass is 10.0. The minimum absolute atomic E-state index is 0.292. The summed E-state index contributed by atoms with van der Waals surface area (Å²) in [5.74, 6) is 1.36. The van der Waals surface area contributed by atoms with Gasteiger partial charge >= 0.3 is 5.97 Å². The first kappa shape index (κ1) is 22.4. The highest BCUT2D eigenvalue weighted by molar-refractivity contribution is 7.18. The number of thiophene rings is 1. The molecule has 5 nitrogen and oxygen atoms in total. The molecule has 0 saturated carbocycles. The fourth-order valence-electron chi connectivity index (χ4n) is 4.28. The molecule has 1 aromatic heterocycles. The molecule has 0 saturated heterocycles. The van der Waals surface area contributed by atoms with Gasteiger partial charge in [-0.15, -0.1) is 11.3 Å². The SMILES string of the molecule is CCOC(=O)c1cc2c(s1)-c1cccc(OCCCN(C)C)c1C=c1cc3c(cc1-2)=CC=CO3. The fraction of sp³-hybridized carbons (Fsp3) is 0.250. The molecular formula is C28H27NO4S. The number of hydrogen-bond acceptors (Lipinski definition) is 6. The molecule has 0 radical (unpaired) electrons. The number of ether oxygens (including phenoxy) is 3. The first-order valence-corrected chi connectivity index (χ1v) is 12.3. The zero-order valence-corrected chi connectivity index (χ0v) is 20.4. The van der Waals surface area contributed by atoms with Crippen LogP contribution in [0.1, 0.15) is 28.6 Å². The van der Waals surface area contributed by atoms with Gasteiger partial charge < -0.3 is 19.1 Å². The van der Waals surface area contributed by atoms with E-state index in [2.05, 4.69) is 43.3 Å². The van der Waals surface area contributed by atoms with Crippen molar-refractivity contribution in [2.24, 2.45) is 0 Å². The van der Waals surface area contributed by atoms with Crippen LogP contribution in [0, 0.1) is 0 Å². The molecule has 0 N–H and O–H groups in total. The summed E-state index contributed by atoms with van der Waals surface area (Å²) in [5, 5.41) is 2.04. The van der Waals surface area contributed by atoms with Gasteiger partial charge in [-0.1, -0.05) is 12.1 Å². The van der Waals surface area contributed by atoms with Crippen LogP contribution in [0.5, 0.6) is 11.5 Å². The summed E-state index contributed by atoms with van der Waals surface area (Å²) >= 11 is 1.47. The second-order valence-corrected chi connectivity index (χ2v) is 9.58. The minimum atomic E-state index is -0.292. The molecular weight excluding hydrogens is 446 g/mol. The third-order valence-electron chi connectivity index (χ3n) is 5.85. The highest BCUT2D eigenvalue weighted by Gasteiger charge is 2.24. The van der Waals surface area contributed by atoms with Crippen LogP contribution >= 0.6 is 11.3 Å². The molecule has 1 aliphatic carbocycles. The molecule has 0 bridgehead atoms. The van der Waals surface area contributed by atoms with Crippen LogP contribution in [0.3, 0.4) is 0 Å². The van der Waals surface area contributed by atoms with Gasteiger partial charge in [0.25, 0.3) is 0 Å². The van der Waals surface area contributed by atoms with Crippen molar-refractivity contribution in [1.29, 1.82) is 0 Å². The fourth-order valence-corrected chi connectivity index (χ4v) is 5.39. The molecule has 2 aliphatic rings. The van der Waals surface area contributed by atoms with Gasteiger partial charge in [-0.05, 0) is 80.7 Å². The van der Waals surface area contributed by atoms with Gasteiger partial charge in [0, 0.05) is 33.3 Å². The number of rotatable bonds is 7. The molecule has 0 atom stereocenters. The molecule has 34 heavy (non-hydrogen) atoms. The normalized spacial score (nSPS) is 12.8. The number of nitrogens with zero attached hydrogens (tertiary/aromatic N) is 1. The van der Waals surface area contributed by atoms with Crippen LogP contribution in [0.15, 0.2) is 48.7 Å². The third kappa shape index (κ3) is 4.27. The maximum absolute atomic E-state index is 12.6. The van der Waals surface area contributed by atoms with E-state index in [1.54, 1.807) is 6.26 Å². The summed E-state index contributed by atoms with van der Waals surface area (Å²) in [4.78, 5) is 16.4. The molecule has 0 unspecified atom stereocenters. The number of benzene rings is 2. The van der Waals surface area contributed by atoms with Crippen LogP contribution in [0.2, 0.25) is 0 Å². The average molecular weight is 474 g/mol. The molecule has 5 rings (SSSR count). The van der Waals surface area contributed by atoms with Crippen molar-refractivity contribution in [3.8, 4) is 33.1 Å². The Morgan fingerprint density at radius 1 is 1.09 bits per heavy atom. The van der Waals surface area contributed by atoms with E-state index in [0.29, 0.717) is 18.1 Å². The second kappa shape index (κ2) is 9.49. The number of carbonyl (C=O) groups excluding carboxylic acids is 1. The van der Waals surface area contributed by atoms with Gasteiger partial charge in [0.2, 0.25) is 0 Å². The Kier molecular flexibility index (Phi) is 6.26. The summed E-state index contributed by atoms with van der Waals surface area (Å²) < 4.78 is 17.3. The van der Waals surface area contributed by atoms with Gasteiger partial charge in [-0.3, -0.25) is 0 Å². The summed E-state index contributed by atoms with van der Waals surface area (Å²) in [7, 11) is 4.13. The summed E-state index contributed by atoms with van der Waals surface area (Å²) in [6.45, 7) is 3.77. The maximum atomic E-state index is 12.6. The van der Waals surface area contributed by atoms with E-state index in [1.807, 2.05) is 37.3 Å². The van der Waals surface area contributed by atoms with E-state index in [1.165, 1.54) is 11.3 Å². The molecule has 0 fully saturated rings. The molecule has 6 heteroatoms. The van der Waals surface area contributed by atoms with Crippen LogP contribution in [-0.2, 0) is 4.74 Å². The lowest BCUT2D eigenvalue weighted by Crippen LogP contribution is -2.16. The van der Waals surface area contributed by atoms with Crippen LogP contribution in [0.25, 0.3) is 33.7 Å². The van der Waals surface area contributed by atoms with Crippen molar-refractivity contribution in [3.63, 3.8) is 0 Å². The maximum Gasteiger partial charge on any atom is 0.348 e. The quantitative estimate of drug-likeness (QED) is 0.294. The van der Waals surface area contributed by atoms with E-state index in [4.69, 9.17) is 14.2 Å². The van der Waals surface area contributed by atoms with Crippen LogP contribution in [-0.4, -0.2) is 44.7 Å². The van der Waals surface area contributed by atoms with Gasteiger partial charge in [0.15, 0.2) is 0 Å². The summed E-state index contributed by atoms with van der Waals surface area (Å²) in [6, 6.07) is 12.3. The smallest absolute Gasteiger partial charge is 0.348 e. The van der Waals surface area contributed by atoms with Gasteiger partial charge in [-0.25, -0.2) is 4.79 Å². The van der Waals surface area contributed by atoms with Gasteiger partial charge in [0.1, 0.15) is 16.4 Å². The minimum Gasteiger partial charge on any atom is -0.493 e. The predicted octanol–water partition coefficient (Wildman–Crippen LogP) is 4.42. The van der Waals surface area contributed by atoms with Crippen molar-refractivity contribution in [2.45, 2.75) is 13.3 Å². The van der Waals surface area contributed by atoms with E-state index in [0.717, 1.165) is 62.0 Å². The zero-order chi connectivity index (χ0) is 23.7. The number of fused-ring (bicyclic) bond motifs is 6. The molecule has 2 heterocycles. The van der Waals surface area contributed by atoms with Crippen LogP contribution in [0.4, 0.5) is 0 Å². The number of hydrogen-bond donors (Lipinski definition) is 0. The van der Waals surface area contributed by atoms with E-state index in [9.17, 15) is 4.79 Å². The first-order valence-electron chi connectivity index (χ1n) is 11.5. The largest absolute Gasteiger partial charge is 0.493 e. The molecule has 0 amide bonds. The van der Waals surface area contributed by atoms with Crippen molar-refractivity contribution >= 4 is 29.5 Å². The first-order chi connectivity index (χ1) is 16.5. The molecule has 0 spiro atoms. The lowest BCUT2D eigenvalue weighted by Gasteiger charge is -2.14. The number of carbonyl (C=O) groups is 1. The Labute approximate surface area is 203 Å². The van der Waals surface area contributed by atoms with E-state index >= 15 is 0 Å².